The molecular formula is C20H24N4O4. The van der Waals surface area contributed by atoms with Crippen molar-refractivity contribution in [2.24, 2.45) is 5.92 Å². The summed E-state index contributed by atoms with van der Waals surface area (Å²) in [6.07, 6.45) is 2.63. The van der Waals surface area contributed by atoms with Crippen molar-refractivity contribution in [3.63, 3.8) is 0 Å². The van der Waals surface area contributed by atoms with Gasteiger partial charge in [-0.25, -0.2) is 0 Å². The fraction of sp³-hybridized carbons (Fsp3) is 0.500. The normalized spacial score (nSPS) is 25.1. The van der Waals surface area contributed by atoms with Crippen molar-refractivity contribution < 1.29 is 19.2 Å². The van der Waals surface area contributed by atoms with Gasteiger partial charge in [0, 0.05) is 13.0 Å². The van der Waals surface area contributed by atoms with Crippen LogP contribution in [0, 0.1) is 5.92 Å². The summed E-state index contributed by atoms with van der Waals surface area (Å²) in [5.41, 5.74) is 1.45. The van der Waals surface area contributed by atoms with E-state index in [1.807, 2.05) is 6.07 Å². The Bertz CT molecular complexity index is 831. The van der Waals surface area contributed by atoms with E-state index >= 15 is 0 Å². The molecule has 0 spiro atoms. The first-order valence-electron chi connectivity index (χ1n) is 9.81. The molecule has 2 atom stereocenters. The molecule has 0 aliphatic carbocycles. The molecule has 8 heteroatoms. The fourth-order valence-corrected chi connectivity index (χ4v) is 4.24. The highest BCUT2D eigenvalue weighted by molar-refractivity contribution is 6.24. The van der Waals surface area contributed by atoms with Gasteiger partial charge in [-0.1, -0.05) is 12.1 Å². The Labute approximate surface area is 163 Å². The van der Waals surface area contributed by atoms with E-state index in [4.69, 9.17) is 0 Å². The Balaban J connectivity index is 1.49. The highest BCUT2D eigenvalue weighted by atomic mass is 16.2. The molecular weight excluding hydrogens is 360 g/mol. The summed E-state index contributed by atoms with van der Waals surface area (Å²) in [6, 6.07) is 4.29. The zero-order chi connectivity index (χ0) is 19.7. The third kappa shape index (κ3) is 3.45. The number of nitrogens with zero attached hydrogens (tertiary/aromatic N) is 1. The van der Waals surface area contributed by atoms with Crippen molar-refractivity contribution in [3.05, 3.63) is 34.9 Å². The highest BCUT2D eigenvalue weighted by Gasteiger charge is 2.45. The molecule has 28 heavy (non-hydrogen) atoms. The number of carbonyl (C=O) groups excluding carboxylic acids is 4. The molecule has 0 aromatic heterocycles. The Kier molecular flexibility index (Phi) is 5.23. The van der Waals surface area contributed by atoms with E-state index in [0.717, 1.165) is 30.1 Å². The van der Waals surface area contributed by atoms with Gasteiger partial charge in [-0.2, -0.15) is 0 Å². The monoisotopic (exact) mass is 384 g/mol. The van der Waals surface area contributed by atoms with Crippen LogP contribution in [0.15, 0.2) is 18.2 Å². The first-order chi connectivity index (χ1) is 13.6. The van der Waals surface area contributed by atoms with Crippen LogP contribution in [0.3, 0.4) is 0 Å². The van der Waals surface area contributed by atoms with Gasteiger partial charge < -0.3 is 10.6 Å². The number of nitrogens with one attached hydrogen (secondary N) is 3. The molecule has 3 N–H and O–H groups in total. The van der Waals surface area contributed by atoms with Gasteiger partial charge in [0.1, 0.15) is 6.04 Å². The molecule has 3 aliphatic rings. The van der Waals surface area contributed by atoms with Crippen LogP contribution in [-0.4, -0.2) is 54.2 Å². The van der Waals surface area contributed by atoms with Crippen LogP contribution in [0.5, 0.6) is 0 Å². The predicted octanol–water partition coefficient (Wildman–Crippen LogP) is 0.177. The van der Waals surface area contributed by atoms with Crippen molar-refractivity contribution in [2.75, 3.05) is 19.6 Å². The second-order valence-corrected chi connectivity index (χ2v) is 7.63. The van der Waals surface area contributed by atoms with Crippen LogP contribution in [0.1, 0.15) is 52.0 Å². The molecule has 8 nitrogen and oxygen atoms in total. The van der Waals surface area contributed by atoms with Crippen LogP contribution in [0.2, 0.25) is 0 Å². The molecule has 3 aliphatic heterocycles. The molecule has 0 bridgehead atoms. The van der Waals surface area contributed by atoms with Crippen LogP contribution >= 0.6 is 0 Å². The molecule has 1 aromatic rings. The lowest BCUT2D eigenvalue weighted by molar-refractivity contribution is -0.136. The van der Waals surface area contributed by atoms with Gasteiger partial charge in [-0.3, -0.25) is 29.4 Å². The summed E-state index contributed by atoms with van der Waals surface area (Å²) in [5.74, 6) is -1.32. The number of benzene rings is 1. The third-order valence-electron chi connectivity index (χ3n) is 5.70. The highest BCUT2D eigenvalue weighted by Crippen LogP contribution is 2.29. The van der Waals surface area contributed by atoms with Crippen LogP contribution < -0.4 is 16.0 Å². The summed E-state index contributed by atoms with van der Waals surface area (Å²) < 4.78 is 0. The summed E-state index contributed by atoms with van der Waals surface area (Å²) in [6.45, 7) is 3.38. The van der Waals surface area contributed by atoms with E-state index in [0.29, 0.717) is 23.6 Å². The van der Waals surface area contributed by atoms with E-state index < -0.39 is 23.8 Å². The van der Waals surface area contributed by atoms with E-state index in [-0.39, 0.29) is 18.7 Å². The van der Waals surface area contributed by atoms with Crippen molar-refractivity contribution in [1.82, 2.24) is 20.9 Å². The quantitative estimate of drug-likeness (QED) is 0.625. The molecule has 148 valence electrons. The number of hydrogen-bond donors (Lipinski definition) is 3. The van der Waals surface area contributed by atoms with Crippen LogP contribution in [0.4, 0.5) is 0 Å². The molecule has 2 saturated heterocycles. The minimum absolute atomic E-state index is 0.119. The van der Waals surface area contributed by atoms with Gasteiger partial charge in [-0.05, 0) is 56.4 Å². The molecule has 3 heterocycles. The Hall–Kier alpha value is -2.58. The summed E-state index contributed by atoms with van der Waals surface area (Å²) in [7, 11) is 0. The first kappa shape index (κ1) is 18.8. The predicted molar refractivity (Wildman–Crippen MR) is 100 cm³/mol. The number of carbonyl (C=O) groups is 4. The van der Waals surface area contributed by atoms with E-state index in [2.05, 4.69) is 16.0 Å². The minimum Gasteiger partial charge on any atom is -0.316 e. The Morgan fingerprint density at radius 1 is 1.11 bits per heavy atom. The first-order valence-corrected chi connectivity index (χ1v) is 9.81. The Morgan fingerprint density at radius 2 is 1.96 bits per heavy atom. The fourth-order valence-electron chi connectivity index (χ4n) is 4.24. The minimum atomic E-state index is -0.931. The van der Waals surface area contributed by atoms with E-state index in [1.165, 1.54) is 12.8 Å². The maximum absolute atomic E-state index is 13.0. The second kappa shape index (κ2) is 7.81. The van der Waals surface area contributed by atoms with Crippen molar-refractivity contribution in [1.29, 1.82) is 0 Å². The maximum atomic E-state index is 13.0. The SMILES string of the molecule is O=C1CCC(N2C(=O)c3cccc(CNC[C@@H]4CCCNC4)c3C2=O)C(=O)N1. The van der Waals surface area contributed by atoms with Gasteiger partial charge in [-0.15, -0.1) is 0 Å². The standard InChI is InChI=1S/C20H24N4O4/c25-16-7-6-15(18(26)23-16)24-19(27)14-5-1-4-13(17(14)20(24)28)11-22-10-12-3-2-8-21-9-12/h1,4-5,12,15,21-22H,2-3,6-11H2,(H,23,25,26)/t12-,15?/m1/s1. The number of hydrogen-bond acceptors (Lipinski definition) is 6. The molecule has 2 fully saturated rings. The number of piperidine rings is 2. The van der Waals surface area contributed by atoms with E-state index in [9.17, 15) is 19.2 Å². The average molecular weight is 384 g/mol. The van der Waals surface area contributed by atoms with Gasteiger partial charge in [0.2, 0.25) is 11.8 Å². The lowest BCUT2D eigenvalue weighted by Gasteiger charge is -2.27. The van der Waals surface area contributed by atoms with E-state index in [1.54, 1.807) is 12.1 Å². The second-order valence-electron chi connectivity index (χ2n) is 7.63. The van der Waals surface area contributed by atoms with Gasteiger partial charge in [0.05, 0.1) is 11.1 Å². The number of imide groups is 2. The molecule has 0 radical (unpaired) electrons. The third-order valence-corrected chi connectivity index (χ3v) is 5.70. The maximum Gasteiger partial charge on any atom is 0.262 e. The summed E-state index contributed by atoms with van der Waals surface area (Å²) in [5, 5.41) is 9.00. The van der Waals surface area contributed by atoms with Gasteiger partial charge >= 0.3 is 0 Å². The smallest absolute Gasteiger partial charge is 0.262 e. The molecule has 1 aromatic carbocycles. The molecule has 4 amide bonds. The Morgan fingerprint density at radius 3 is 2.71 bits per heavy atom. The largest absolute Gasteiger partial charge is 0.316 e. The average Bonchev–Trinajstić information content (AvgIpc) is 2.94. The molecule has 4 rings (SSSR count). The summed E-state index contributed by atoms with van der Waals surface area (Å²) in [4.78, 5) is 50.4. The summed E-state index contributed by atoms with van der Waals surface area (Å²) >= 11 is 0. The van der Waals surface area contributed by atoms with Gasteiger partial charge in [0.25, 0.3) is 11.8 Å². The van der Waals surface area contributed by atoms with Gasteiger partial charge in [0.15, 0.2) is 0 Å². The topological polar surface area (TPSA) is 108 Å². The molecule has 0 saturated carbocycles. The number of rotatable bonds is 5. The lowest BCUT2D eigenvalue weighted by Crippen LogP contribution is -2.54. The van der Waals surface area contributed by atoms with Crippen molar-refractivity contribution >= 4 is 23.6 Å². The van der Waals surface area contributed by atoms with Crippen LogP contribution in [-0.2, 0) is 16.1 Å². The van der Waals surface area contributed by atoms with Crippen molar-refractivity contribution in [3.8, 4) is 0 Å². The van der Waals surface area contributed by atoms with Crippen molar-refractivity contribution in [2.45, 2.75) is 38.3 Å². The zero-order valence-corrected chi connectivity index (χ0v) is 15.6. The number of amides is 4. The zero-order valence-electron chi connectivity index (χ0n) is 15.6. The molecule has 1 unspecified atom stereocenters. The van der Waals surface area contributed by atoms with Crippen LogP contribution in [0.25, 0.3) is 0 Å². The lowest BCUT2D eigenvalue weighted by atomic mass is 9.99. The number of fused-ring (bicyclic) bond motifs is 1.